The van der Waals surface area contributed by atoms with Gasteiger partial charge in [-0.1, -0.05) is 37.3 Å². The Balaban J connectivity index is 2.13. The van der Waals surface area contributed by atoms with Crippen molar-refractivity contribution in [3.63, 3.8) is 0 Å². The summed E-state index contributed by atoms with van der Waals surface area (Å²) in [6.07, 6.45) is 3.00. The smallest absolute Gasteiger partial charge is 0.0607 e. The second kappa shape index (κ2) is 6.36. The Labute approximate surface area is 109 Å². The van der Waals surface area contributed by atoms with Crippen LogP contribution in [0.1, 0.15) is 30.6 Å². The molecular formula is C15H21N3. The van der Waals surface area contributed by atoms with E-state index in [1.54, 1.807) is 0 Å². The summed E-state index contributed by atoms with van der Waals surface area (Å²) >= 11 is 0. The third-order valence-electron chi connectivity index (χ3n) is 3.13. The van der Waals surface area contributed by atoms with E-state index < -0.39 is 0 Å². The molecule has 0 saturated heterocycles. The molecule has 3 heteroatoms. The van der Waals surface area contributed by atoms with Crippen molar-refractivity contribution in [2.45, 2.75) is 32.9 Å². The van der Waals surface area contributed by atoms with Gasteiger partial charge in [-0.05, 0) is 31.5 Å². The zero-order chi connectivity index (χ0) is 12.8. The molecule has 1 unspecified atom stereocenters. The molecule has 1 aromatic heterocycles. The highest BCUT2D eigenvalue weighted by molar-refractivity contribution is 5.19. The summed E-state index contributed by atoms with van der Waals surface area (Å²) in [6, 6.07) is 12.9. The molecule has 0 bridgehead atoms. The fourth-order valence-electron chi connectivity index (χ4n) is 2.05. The van der Waals surface area contributed by atoms with Gasteiger partial charge in [0, 0.05) is 11.9 Å². The maximum Gasteiger partial charge on any atom is 0.0607 e. The topological polar surface area (TPSA) is 29.9 Å². The van der Waals surface area contributed by atoms with Gasteiger partial charge in [0.1, 0.15) is 0 Å². The average molecular weight is 243 g/mol. The lowest BCUT2D eigenvalue weighted by Crippen LogP contribution is -2.27. The van der Waals surface area contributed by atoms with Crippen molar-refractivity contribution in [1.82, 2.24) is 15.1 Å². The van der Waals surface area contributed by atoms with Gasteiger partial charge in [-0.15, -0.1) is 0 Å². The van der Waals surface area contributed by atoms with Crippen molar-refractivity contribution in [2.24, 2.45) is 0 Å². The second-order valence-electron chi connectivity index (χ2n) is 4.57. The Kier molecular flexibility index (Phi) is 4.53. The maximum atomic E-state index is 4.37. The predicted molar refractivity (Wildman–Crippen MR) is 74.4 cm³/mol. The Morgan fingerprint density at radius 1 is 1.22 bits per heavy atom. The molecule has 0 aliphatic carbocycles. The maximum absolute atomic E-state index is 4.37. The molecule has 1 heterocycles. The minimum absolute atomic E-state index is 0.324. The van der Waals surface area contributed by atoms with Crippen molar-refractivity contribution >= 4 is 0 Å². The molecule has 2 rings (SSSR count). The average Bonchev–Trinajstić information content (AvgIpc) is 2.81. The van der Waals surface area contributed by atoms with Gasteiger partial charge in [0.15, 0.2) is 0 Å². The van der Waals surface area contributed by atoms with E-state index in [9.17, 15) is 0 Å². The van der Waals surface area contributed by atoms with Gasteiger partial charge in [0.25, 0.3) is 0 Å². The van der Waals surface area contributed by atoms with Gasteiger partial charge < -0.3 is 5.32 Å². The summed E-state index contributed by atoms with van der Waals surface area (Å²) in [4.78, 5) is 0. The number of nitrogens with zero attached hydrogens (tertiary/aromatic N) is 2. The summed E-state index contributed by atoms with van der Waals surface area (Å²) in [5, 5.41) is 7.96. The third kappa shape index (κ3) is 3.20. The first kappa shape index (κ1) is 12.8. The van der Waals surface area contributed by atoms with Crippen LogP contribution in [0.25, 0.3) is 0 Å². The van der Waals surface area contributed by atoms with E-state index in [1.807, 2.05) is 12.3 Å². The van der Waals surface area contributed by atoms with E-state index >= 15 is 0 Å². The van der Waals surface area contributed by atoms with Crippen LogP contribution in [0.4, 0.5) is 0 Å². The van der Waals surface area contributed by atoms with Crippen LogP contribution in [0, 0.1) is 6.92 Å². The number of rotatable bonds is 6. The monoisotopic (exact) mass is 243 g/mol. The van der Waals surface area contributed by atoms with Crippen molar-refractivity contribution in [1.29, 1.82) is 0 Å². The zero-order valence-electron chi connectivity index (χ0n) is 11.1. The Morgan fingerprint density at radius 3 is 2.61 bits per heavy atom. The lowest BCUT2D eigenvalue weighted by atomic mass is 10.1. The summed E-state index contributed by atoms with van der Waals surface area (Å²) in [7, 11) is 0. The van der Waals surface area contributed by atoms with Crippen LogP contribution < -0.4 is 5.32 Å². The van der Waals surface area contributed by atoms with Gasteiger partial charge in [-0.2, -0.15) is 5.10 Å². The Hall–Kier alpha value is -1.61. The lowest BCUT2D eigenvalue weighted by Gasteiger charge is -2.19. The van der Waals surface area contributed by atoms with Crippen LogP contribution in [-0.4, -0.2) is 16.3 Å². The fourth-order valence-corrected chi connectivity index (χ4v) is 2.05. The van der Waals surface area contributed by atoms with Gasteiger partial charge in [-0.25, -0.2) is 0 Å². The quantitative estimate of drug-likeness (QED) is 0.845. The standard InChI is InChI=1S/C15H21N3/c1-3-10-16-15(14-7-5-4-6-8-14)12-18-13(2)9-11-17-18/h4-9,11,15-16H,3,10,12H2,1-2H3. The second-order valence-corrected chi connectivity index (χ2v) is 4.57. The molecule has 96 valence electrons. The van der Waals surface area contributed by atoms with Gasteiger partial charge >= 0.3 is 0 Å². The molecule has 1 aromatic carbocycles. The van der Waals surface area contributed by atoms with Crippen molar-refractivity contribution < 1.29 is 0 Å². The highest BCUT2D eigenvalue weighted by Gasteiger charge is 2.12. The molecule has 2 aromatic rings. The van der Waals surface area contributed by atoms with Crippen molar-refractivity contribution in [3.05, 3.63) is 53.9 Å². The van der Waals surface area contributed by atoms with E-state index in [0.717, 1.165) is 19.5 Å². The van der Waals surface area contributed by atoms with Crippen LogP contribution in [0.5, 0.6) is 0 Å². The molecule has 0 radical (unpaired) electrons. The number of nitrogens with one attached hydrogen (secondary N) is 1. The van der Waals surface area contributed by atoms with Crippen molar-refractivity contribution in [2.75, 3.05) is 6.54 Å². The van der Waals surface area contributed by atoms with E-state index in [-0.39, 0.29) is 0 Å². The minimum atomic E-state index is 0.324. The van der Waals surface area contributed by atoms with Crippen LogP contribution in [0.15, 0.2) is 42.6 Å². The van der Waals surface area contributed by atoms with Crippen LogP contribution >= 0.6 is 0 Å². The molecule has 0 fully saturated rings. The molecule has 1 N–H and O–H groups in total. The number of aromatic nitrogens is 2. The highest BCUT2D eigenvalue weighted by atomic mass is 15.3. The van der Waals surface area contributed by atoms with Crippen LogP contribution in [-0.2, 0) is 6.54 Å². The van der Waals surface area contributed by atoms with E-state index in [1.165, 1.54) is 11.3 Å². The Morgan fingerprint density at radius 2 is 2.00 bits per heavy atom. The van der Waals surface area contributed by atoms with Gasteiger partial charge in [0.2, 0.25) is 0 Å². The minimum Gasteiger partial charge on any atom is -0.308 e. The predicted octanol–water partition coefficient (Wildman–Crippen LogP) is 2.93. The molecule has 0 saturated carbocycles. The molecule has 3 nitrogen and oxygen atoms in total. The van der Waals surface area contributed by atoms with E-state index in [2.05, 4.69) is 59.3 Å². The number of hydrogen-bond acceptors (Lipinski definition) is 2. The number of aryl methyl sites for hydroxylation is 1. The first-order valence-corrected chi connectivity index (χ1v) is 6.58. The molecule has 0 amide bonds. The third-order valence-corrected chi connectivity index (χ3v) is 3.13. The Bertz CT molecular complexity index is 462. The molecule has 0 aliphatic rings. The van der Waals surface area contributed by atoms with Gasteiger partial charge in [0.05, 0.1) is 12.6 Å². The normalized spacial score (nSPS) is 12.6. The fraction of sp³-hybridized carbons (Fsp3) is 0.400. The largest absolute Gasteiger partial charge is 0.308 e. The number of hydrogen-bond donors (Lipinski definition) is 1. The SMILES string of the molecule is CCCNC(Cn1nccc1C)c1ccccc1. The summed E-state index contributed by atoms with van der Waals surface area (Å²) in [5.41, 5.74) is 2.52. The zero-order valence-corrected chi connectivity index (χ0v) is 11.1. The summed E-state index contributed by atoms with van der Waals surface area (Å²) < 4.78 is 2.06. The molecule has 1 atom stereocenters. The molecule has 0 spiro atoms. The van der Waals surface area contributed by atoms with E-state index in [4.69, 9.17) is 0 Å². The number of benzene rings is 1. The van der Waals surface area contributed by atoms with Crippen molar-refractivity contribution in [3.8, 4) is 0 Å². The first-order valence-electron chi connectivity index (χ1n) is 6.58. The first-order chi connectivity index (χ1) is 8.81. The summed E-state index contributed by atoms with van der Waals surface area (Å²) in [5.74, 6) is 0. The lowest BCUT2D eigenvalue weighted by molar-refractivity contribution is 0.433. The van der Waals surface area contributed by atoms with E-state index in [0.29, 0.717) is 6.04 Å². The molecule has 0 aliphatic heterocycles. The molecule has 18 heavy (non-hydrogen) atoms. The highest BCUT2D eigenvalue weighted by Crippen LogP contribution is 2.15. The van der Waals surface area contributed by atoms with Crippen LogP contribution in [0.2, 0.25) is 0 Å². The van der Waals surface area contributed by atoms with Crippen LogP contribution in [0.3, 0.4) is 0 Å². The van der Waals surface area contributed by atoms with Gasteiger partial charge in [-0.3, -0.25) is 4.68 Å². The summed E-state index contributed by atoms with van der Waals surface area (Å²) in [6.45, 7) is 6.19. The molecular weight excluding hydrogens is 222 g/mol.